The Morgan fingerprint density at radius 2 is 2.00 bits per heavy atom. The molecule has 1 amide bonds. The molecule has 1 aliphatic carbocycles. The maximum Gasteiger partial charge on any atom is 0.225 e. The number of pyridine rings is 1. The third kappa shape index (κ3) is 2.79. The highest BCUT2D eigenvalue weighted by molar-refractivity contribution is 5.79. The van der Waals surface area contributed by atoms with E-state index in [0.717, 1.165) is 25.7 Å². The molecule has 2 aliphatic rings. The molecule has 0 unspecified atom stereocenters. The number of aromatic nitrogens is 1. The van der Waals surface area contributed by atoms with Gasteiger partial charge in [-0.1, -0.05) is 18.9 Å². The molecule has 21 heavy (non-hydrogen) atoms. The van der Waals surface area contributed by atoms with E-state index in [0.29, 0.717) is 25.9 Å². The highest BCUT2D eigenvalue weighted by Crippen LogP contribution is 2.35. The van der Waals surface area contributed by atoms with Crippen molar-refractivity contribution in [3.8, 4) is 0 Å². The first-order chi connectivity index (χ1) is 10.1. The summed E-state index contributed by atoms with van der Waals surface area (Å²) in [4.78, 5) is 17.8. The second kappa shape index (κ2) is 5.72. The average Bonchev–Trinajstić information content (AvgIpc) is 3.02. The van der Waals surface area contributed by atoms with E-state index in [9.17, 15) is 14.3 Å². The fourth-order valence-corrected chi connectivity index (χ4v) is 3.53. The van der Waals surface area contributed by atoms with Crippen LogP contribution in [0.2, 0.25) is 0 Å². The Labute approximate surface area is 124 Å². The Hall–Kier alpha value is -1.49. The molecular weight excluding hydrogens is 271 g/mol. The summed E-state index contributed by atoms with van der Waals surface area (Å²) in [6, 6.07) is 3.21. The van der Waals surface area contributed by atoms with Crippen LogP contribution >= 0.6 is 0 Å². The maximum absolute atomic E-state index is 13.8. The van der Waals surface area contributed by atoms with E-state index >= 15 is 0 Å². The SMILES string of the molecule is O=C(C1CCCC1)N1CCC(O)(c2cccnc2F)CC1. The summed E-state index contributed by atoms with van der Waals surface area (Å²) in [5.74, 6) is -0.247. The molecule has 114 valence electrons. The van der Waals surface area contributed by atoms with Crippen molar-refractivity contribution < 1.29 is 14.3 Å². The number of hydrogen-bond donors (Lipinski definition) is 1. The quantitative estimate of drug-likeness (QED) is 0.850. The van der Waals surface area contributed by atoms with Crippen molar-refractivity contribution in [2.45, 2.75) is 44.1 Å². The monoisotopic (exact) mass is 292 g/mol. The molecule has 2 fully saturated rings. The summed E-state index contributed by atoms with van der Waals surface area (Å²) < 4.78 is 13.8. The van der Waals surface area contributed by atoms with Gasteiger partial charge < -0.3 is 10.0 Å². The number of rotatable bonds is 2. The molecule has 0 bridgehead atoms. The molecule has 0 aromatic carbocycles. The van der Waals surface area contributed by atoms with Crippen LogP contribution in [0.4, 0.5) is 4.39 Å². The molecule has 1 saturated heterocycles. The smallest absolute Gasteiger partial charge is 0.225 e. The largest absolute Gasteiger partial charge is 0.385 e. The fraction of sp³-hybridized carbons (Fsp3) is 0.625. The van der Waals surface area contributed by atoms with E-state index in [1.165, 1.54) is 6.20 Å². The van der Waals surface area contributed by atoms with Crippen molar-refractivity contribution in [2.24, 2.45) is 5.92 Å². The normalized spacial score (nSPS) is 22.5. The van der Waals surface area contributed by atoms with Crippen molar-refractivity contribution in [2.75, 3.05) is 13.1 Å². The van der Waals surface area contributed by atoms with Gasteiger partial charge in [0.25, 0.3) is 0 Å². The highest BCUT2D eigenvalue weighted by Gasteiger charge is 2.39. The second-order valence-electron chi connectivity index (χ2n) is 6.18. The van der Waals surface area contributed by atoms with Gasteiger partial charge in [-0.15, -0.1) is 0 Å². The van der Waals surface area contributed by atoms with Crippen LogP contribution in [0, 0.1) is 11.9 Å². The number of amides is 1. The van der Waals surface area contributed by atoms with Crippen LogP contribution in [-0.4, -0.2) is 34.0 Å². The lowest BCUT2D eigenvalue weighted by atomic mass is 9.84. The molecule has 4 nitrogen and oxygen atoms in total. The first-order valence-electron chi connectivity index (χ1n) is 7.72. The number of likely N-dealkylation sites (tertiary alicyclic amines) is 1. The third-order valence-electron chi connectivity index (χ3n) is 4.87. The minimum Gasteiger partial charge on any atom is -0.385 e. The van der Waals surface area contributed by atoms with Crippen LogP contribution in [-0.2, 0) is 10.4 Å². The van der Waals surface area contributed by atoms with E-state index in [1.807, 2.05) is 4.90 Å². The molecule has 3 rings (SSSR count). The van der Waals surface area contributed by atoms with Gasteiger partial charge in [0.15, 0.2) is 0 Å². The minimum absolute atomic E-state index is 0.159. The summed E-state index contributed by atoms with van der Waals surface area (Å²) in [6.45, 7) is 0.973. The molecule has 0 radical (unpaired) electrons. The van der Waals surface area contributed by atoms with Gasteiger partial charge in [-0.3, -0.25) is 4.79 Å². The zero-order valence-corrected chi connectivity index (χ0v) is 12.1. The van der Waals surface area contributed by atoms with Gasteiger partial charge in [0, 0.05) is 30.8 Å². The van der Waals surface area contributed by atoms with E-state index in [2.05, 4.69) is 4.98 Å². The fourth-order valence-electron chi connectivity index (χ4n) is 3.53. The van der Waals surface area contributed by atoms with Gasteiger partial charge in [-0.2, -0.15) is 4.39 Å². The van der Waals surface area contributed by atoms with Crippen LogP contribution in [0.5, 0.6) is 0 Å². The summed E-state index contributed by atoms with van der Waals surface area (Å²) in [6.07, 6.45) is 6.35. The van der Waals surface area contributed by atoms with Crippen molar-refractivity contribution >= 4 is 5.91 Å². The average molecular weight is 292 g/mol. The molecule has 5 heteroatoms. The zero-order valence-electron chi connectivity index (χ0n) is 12.1. The number of carbonyl (C=O) groups is 1. The Morgan fingerprint density at radius 1 is 1.33 bits per heavy atom. The van der Waals surface area contributed by atoms with Crippen molar-refractivity contribution in [1.82, 2.24) is 9.88 Å². The van der Waals surface area contributed by atoms with Crippen LogP contribution < -0.4 is 0 Å². The number of halogens is 1. The molecular formula is C16H21FN2O2. The summed E-state index contributed by atoms with van der Waals surface area (Å²) >= 11 is 0. The predicted octanol–water partition coefficient (Wildman–Crippen LogP) is 2.22. The van der Waals surface area contributed by atoms with Gasteiger partial charge in [0.1, 0.15) is 0 Å². The number of aliphatic hydroxyl groups is 1. The topological polar surface area (TPSA) is 53.4 Å². The standard InChI is InChI=1S/C16H21FN2O2/c17-14-13(6-3-9-18-14)16(21)7-10-19(11-8-16)15(20)12-4-1-2-5-12/h3,6,9,12,21H,1-2,4-5,7-8,10-11H2. The lowest BCUT2D eigenvalue weighted by Crippen LogP contribution is -2.47. The summed E-state index contributed by atoms with van der Waals surface area (Å²) in [5.41, 5.74) is -0.955. The first-order valence-corrected chi connectivity index (χ1v) is 7.72. The molecule has 1 saturated carbocycles. The Bertz CT molecular complexity index is 521. The van der Waals surface area contributed by atoms with Crippen molar-refractivity contribution in [3.05, 3.63) is 29.8 Å². The van der Waals surface area contributed by atoms with Gasteiger partial charge in [-0.05, 0) is 31.7 Å². The minimum atomic E-state index is -1.20. The lowest BCUT2D eigenvalue weighted by Gasteiger charge is -2.39. The molecule has 1 aromatic rings. The summed E-state index contributed by atoms with van der Waals surface area (Å²) in [7, 11) is 0. The number of piperidine rings is 1. The van der Waals surface area contributed by atoms with Crippen LogP contribution in [0.3, 0.4) is 0 Å². The van der Waals surface area contributed by atoms with Crippen LogP contribution in [0.1, 0.15) is 44.1 Å². The first kappa shape index (κ1) is 14.4. The van der Waals surface area contributed by atoms with Gasteiger partial charge >= 0.3 is 0 Å². The number of nitrogens with zero attached hydrogens (tertiary/aromatic N) is 2. The van der Waals surface area contributed by atoms with E-state index in [-0.39, 0.29) is 17.4 Å². The second-order valence-corrected chi connectivity index (χ2v) is 6.18. The highest BCUT2D eigenvalue weighted by atomic mass is 19.1. The Balaban J connectivity index is 1.67. The van der Waals surface area contributed by atoms with Crippen molar-refractivity contribution in [3.63, 3.8) is 0 Å². The van der Waals surface area contributed by atoms with E-state index in [1.54, 1.807) is 12.1 Å². The molecule has 0 spiro atoms. The molecule has 1 aliphatic heterocycles. The Morgan fingerprint density at radius 3 is 2.62 bits per heavy atom. The molecule has 1 N–H and O–H groups in total. The number of carbonyl (C=O) groups excluding carboxylic acids is 1. The Kier molecular flexibility index (Phi) is 3.93. The van der Waals surface area contributed by atoms with Gasteiger partial charge in [0.2, 0.25) is 11.9 Å². The maximum atomic E-state index is 13.8. The van der Waals surface area contributed by atoms with Gasteiger partial charge in [-0.25, -0.2) is 4.98 Å². The van der Waals surface area contributed by atoms with Crippen molar-refractivity contribution in [1.29, 1.82) is 0 Å². The lowest BCUT2D eigenvalue weighted by molar-refractivity contribution is -0.140. The van der Waals surface area contributed by atoms with E-state index in [4.69, 9.17) is 0 Å². The van der Waals surface area contributed by atoms with E-state index < -0.39 is 11.5 Å². The molecule has 2 heterocycles. The van der Waals surface area contributed by atoms with Crippen LogP contribution in [0.25, 0.3) is 0 Å². The zero-order chi connectivity index (χ0) is 14.9. The predicted molar refractivity (Wildman–Crippen MR) is 75.9 cm³/mol. The molecule has 1 aromatic heterocycles. The molecule has 0 atom stereocenters. The summed E-state index contributed by atoms with van der Waals surface area (Å²) in [5, 5.41) is 10.7. The number of hydrogen-bond acceptors (Lipinski definition) is 3. The van der Waals surface area contributed by atoms with Gasteiger partial charge in [0.05, 0.1) is 5.60 Å². The third-order valence-corrected chi connectivity index (χ3v) is 4.87. The van der Waals surface area contributed by atoms with Crippen LogP contribution in [0.15, 0.2) is 18.3 Å².